The highest BCUT2D eigenvalue weighted by molar-refractivity contribution is 5.86. The van der Waals surface area contributed by atoms with Crippen LogP contribution in [0.2, 0.25) is 0 Å². The first-order valence-electron chi connectivity index (χ1n) is 6.64. The Balaban J connectivity index is 2.22. The molecule has 0 bridgehead atoms. The summed E-state index contributed by atoms with van der Waals surface area (Å²) in [4.78, 5) is 20.4. The number of nitrogens with zero attached hydrogens (tertiary/aromatic N) is 3. The van der Waals surface area contributed by atoms with E-state index >= 15 is 0 Å². The van der Waals surface area contributed by atoms with Crippen molar-refractivity contribution in [2.24, 2.45) is 7.05 Å². The Bertz CT molecular complexity index is 693. The van der Waals surface area contributed by atoms with Crippen LogP contribution in [0, 0.1) is 0 Å². The summed E-state index contributed by atoms with van der Waals surface area (Å²) in [7, 11) is 1.65. The maximum atomic E-state index is 12.8. The summed E-state index contributed by atoms with van der Waals surface area (Å²) in [6.07, 6.45) is 3.23. The summed E-state index contributed by atoms with van der Waals surface area (Å²) in [5.41, 5.74) is 2.61. The third-order valence-corrected chi connectivity index (χ3v) is 3.86. The number of fused-ring (bicyclic) bond motifs is 1. The van der Waals surface area contributed by atoms with Crippen molar-refractivity contribution >= 4 is 16.9 Å². The number of anilines is 1. The van der Waals surface area contributed by atoms with Gasteiger partial charge in [0.1, 0.15) is 12.0 Å². The second kappa shape index (κ2) is 5.16. The highest BCUT2D eigenvalue weighted by Crippen LogP contribution is 2.25. The predicted octanol–water partition coefficient (Wildman–Crippen LogP) is 1.09. The first kappa shape index (κ1) is 13.0. The van der Waals surface area contributed by atoms with Crippen molar-refractivity contribution in [3.8, 4) is 0 Å². The topological polar surface area (TPSA) is 71.8 Å². The molecule has 3 rings (SSSR count). The van der Waals surface area contributed by atoms with Gasteiger partial charge in [-0.2, -0.15) is 0 Å². The van der Waals surface area contributed by atoms with Crippen molar-refractivity contribution in [1.82, 2.24) is 19.9 Å². The fourth-order valence-electron chi connectivity index (χ4n) is 2.78. The standard InChI is InChI=1S/C13H16FN5O/c1-19-12-10(11(18-14)16-7-17-12)5-9(13(19)20)8-3-2-4-15-6-8/h5,7-8,15H,2-4,6H2,1H3,(H,16,17,18). The van der Waals surface area contributed by atoms with Gasteiger partial charge < -0.3 is 5.32 Å². The fourth-order valence-corrected chi connectivity index (χ4v) is 2.78. The lowest BCUT2D eigenvalue weighted by atomic mass is 9.92. The number of hydrogen-bond acceptors (Lipinski definition) is 5. The molecule has 1 saturated heterocycles. The van der Waals surface area contributed by atoms with Crippen molar-refractivity contribution < 1.29 is 4.48 Å². The molecule has 1 atom stereocenters. The molecule has 106 valence electrons. The SMILES string of the molecule is Cn1c(=O)c(C2CCCNC2)cc2c(NF)ncnc21. The Morgan fingerprint density at radius 1 is 1.50 bits per heavy atom. The van der Waals surface area contributed by atoms with Crippen LogP contribution in [0.4, 0.5) is 10.3 Å². The summed E-state index contributed by atoms with van der Waals surface area (Å²) < 4.78 is 14.3. The van der Waals surface area contributed by atoms with Crippen LogP contribution in [0.1, 0.15) is 24.3 Å². The molecule has 1 unspecified atom stereocenters. The molecule has 0 amide bonds. The maximum Gasteiger partial charge on any atom is 0.255 e. The average molecular weight is 277 g/mol. The van der Waals surface area contributed by atoms with Gasteiger partial charge in [-0.05, 0) is 25.5 Å². The highest BCUT2D eigenvalue weighted by atomic mass is 19.2. The van der Waals surface area contributed by atoms with Crippen LogP contribution in [0.5, 0.6) is 0 Å². The van der Waals surface area contributed by atoms with Crippen LogP contribution in [0.15, 0.2) is 17.2 Å². The van der Waals surface area contributed by atoms with Crippen LogP contribution in [0.3, 0.4) is 0 Å². The van der Waals surface area contributed by atoms with Crippen molar-refractivity contribution in [1.29, 1.82) is 0 Å². The molecule has 0 aliphatic carbocycles. The molecule has 2 aromatic heterocycles. The predicted molar refractivity (Wildman–Crippen MR) is 74.4 cm³/mol. The van der Waals surface area contributed by atoms with Gasteiger partial charge >= 0.3 is 0 Å². The van der Waals surface area contributed by atoms with Gasteiger partial charge in [0.25, 0.3) is 5.56 Å². The quantitative estimate of drug-likeness (QED) is 0.804. The second-order valence-electron chi connectivity index (χ2n) is 5.06. The lowest BCUT2D eigenvalue weighted by Gasteiger charge is -2.23. The summed E-state index contributed by atoms with van der Waals surface area (Å²) in [6, 6.07) is 1.72. The highest BCUT2D eigenvalue weighted by Gasteiger charge is 2.21. The molecule has 2 aromatic rings. The van der Waals surface area contributed by atoms with Crippen molar-refractivity contribution in [2.75, 3.05) is 18.6 Å². The monoisotopic (exact) mass is 277 g/mol. The van der Waals surface area contributed by atoms with Crippen LogP contribution >= 0.6 is 0 Å². The first-order valence-corrected chi connectivity index (χ1v) is 6.64. The molecule has 2 N–H and O–H groups in total. The zero-order valence-electron chi connectivity index (χ0n) is 11.2. The summed E-state index contributed by atoms with van der Waals surface area (Å²) in [6.45, 7) is 1.75. The summed E-state index contributed by atoms with van der Waals surface area (Å²) >= 11 is 0. The second-order valence-corrected chi connectivity index (χ2v) is 5.06. The van der Waals surface area contributed by atoms with E-state index in [1.165, 1.54) is 10.9 Å². The van der Waals surface area contributed by atoms with Gasteiger partial charge in [-0.1, -0.05) is 0 Å². The van der Waals surface area contributed by atoms with Crippen LogP contribution in [-0.2, 0) is 7.05 Å². The lowest BCUT2D eigenvalue weighted by Crippen LogP contribution is -2.33. The zero-order valence-corrected chi connectivity index (χ0v) is 11.2. The first-order chi connectivity index (χ1) is 9.72. The molecule has 20 heavy (non-hydrogen) atoms. The minimum atomic E-state index is -0.0743. The van der Waals surface area contributed by atoms with Gasteiger partial charge in [0.2, 0.25) is 0 Å². The molecule has 1 aliphatic rings. The van der Waals surface area contributed by atoms with E-state index in [0.717, 1.165) is 25.9 Å². The van der Waals surface area contributed by atoms with Gasteiger partial charge in [0.05, 0.1) is 5.39 Å². The van der Waals surface area contributed by atoms with Crippen LogP contribution < -0.4 is 16.4 Å². The Hall–Kier alpha value is -2.02. The van der Waals surface area contributed by atoms with Crippen molar-refractivity contribution in [2.45, 2.75) is 18.8 Å². The smallest absolute Gasteiger partial charge is 0.255 e. The summed E-state index contributed by atoms with van der Waals surface area (Å²) in [5, 5.41) is 3.81. The van der Waals surface area contributed by atoms with E-state index in [2.05, 4.69) is 15.3 Å². The Kier molecular flexibility index (Phi) is 3.35. The molecular formula is C13H16FN5O. The normalized spacial score (nSPS) is 19.2. The third-order valence-electron chi connectivity index (χ3n) is 3.86. The number of hydrogen-bond donors (Lipinski definition) is 2. The summed E-state index contributed by atoms with van der Waals surface area (Å²) in [5.74, 6) is 0.245. The Morgan fingerprint density at radius 2 is 2.35 bits per heavy atom. The molecule has 0 spiro atoms. The minimum absolute atomic E-state index is 0.0743. The van der Waals surface area contributed by atoms with E-state index in [-0.39, 0.29) is 17.3 Å². The molecular weight excluding hydrogens is 261 g/mol. The number of aromatic nitrogens is 3. The van der Waals surface area contributed by atoms with E-state index in [9.17, 15) is 9.28 Å². The Morgan fingerprint density at radius 3 is 3.05 bits per heavy atom. The third kappa shape index (κ3) is 2.03. The average Bonchev–Trinajstić information content (AvgIpc) is 2.51. The van der Waals surface area contributed by atoms with E-state index in [1.807, 2.05) is 0 Å². The van der Waals surface area contributed by atoms with Gasteiger partial charge in [0.15, 0.2) is 5.82 Å². The molecule has 1 fully saturated rings. The number of piperidine rings is 1. The molecule has 0 aromatic carbocycles. The fraction of sp³-hybridized carbons (Fsp3) is 0.462. The van der Waals surface area contributed by atoms with Gasteiger partial charge in [-0.15, -0.1) is 4.48 Å². The van der Waals surface area contributed by atoms with E-state index in [1.54, 1.807) is 18.7 Å². The number of aryl methyl sites for hydroxylation is 1. The Labute approximate surface area is 115 Å². The van der Waals surface area contributed by atoms with Gasteiger partial charge in [-0.3, -0.25) is 9.36 Å². The lowest BCUT2D eigenvalue weighted by molar-refractivity contribution is 0.458. The van der Waals surface area contributed by atoms with Crippen LogP contribution in [0.25, 0.3) is 11.0 Å². The number of halogens is 1. The van der Waals surface area contributed by atoms with Crippen molar-refractivity contribution in [3.63, 3.8) is 0 Å². The molecule has 3 heterocycles. The molecule has 7 heteroatoms. The van der Waals surface area contributed by atoms with E-state index in [4.69, 9.17) is 0 Å². The maximum absolute atomic E-state index is 12.8. The van der Waals surface area contributed by atoms with Crippen LogP contribution in [-0.4, -0.2) is 27.6 Å². The molecule has 0 saturated carbocycles. The largest absolute Gasteiger partial charge is 0.316 e. The van der Waals surface area contributed by atoms with Gasteiger partial charge in [0, 0.05) is 25.1 Å². The van der Waals surface area contributed by atoms with Gasteiger partial charge in [-0.25, -0.2) is 15.5 Å². The zero-order chi connectivity index (χ0) is 14.1. The molecule has 1 aliphatic heterocycles. The van der Waals surface area contributed by atoms with E-state index < -0.39 is 0 Å². The number of rotatable bonds is 2. The molecule has 6 nitrogen and oxygen atoms in total. The number of nitrogens with one attached hydrogen (secondary N) is 2. The number of pyridine rings is 1. The van der Waals surface area contributed by atoms with E-state index in [0.29, 0.717) is 16.6 Å². The minimum Gasteiger partial charge on any atom is -0.316 e. The van der Waals surface area contributed by atoms with Crippen molar-refractivity contribution in [3.05, 3.63) is 28.3 Å². The molecule has 0 radical (unpaired) electrons.